The Balaban J connectivity index is 1.60. The maximum atomic E-state index is 12.7. The average molecular weight is 331 g/mol. The third-order valence-corrected chi connectivity index (χ3v) is 4.58. The molecule has 1 aromatic rings. The normalized spacial score (nSPS) is 22.1. The van der Waals surface area contributed by atoms with Crippen molar-refractivity contribution in [2.45, 2.75) is 19.4 Å². The lowest BCUT2D eigenvalue weighted by atomic mass is 10.1. The topological polar surface area (TPSA) is 61.9 Å². The molecule has 1 unspecified atom stereocenters. The summed E-state index contributed by atoms with van der Waals surface area (Å²) in [6.07, 6.45) is 0.802. The number of carbonyl (C=O) groups excluding carboxylic acids is 2. The summed E-state index contributed by atoms with van der Waals surface area (Å²) in [6, 6.07) is 7.41. The van der Waals surface area contributed by atoms with Gasteiger partial charge in [-0.05, 0) is 25.5 Å². The lowest BCUT2D eigenvalue weighted by molar-refractivity contribution is -0.136. The summed E-state index contributed by atoms with van der Waals surface area (Å²) in [7, 11) is 0. The molecule has 2 saturated heterocycles. The molecular weight excluding hydrogens is 306 g/mol. The van der Waals surface area contributed by atoms with Gasteiger partial charge in [-0.25, -0.2) is 0 Å². The quantitative estimate of drug-likeness (QED) is 0.865. The van der Waals surface area contributed by atoms with Gasteiger partial charge in [0.2, 0.25) is 5.91 Å². The number of hydrogen-bond acceptors (Lipinski definition) is 4. The third kappa shape index (κ3) is 3.94. The van der Waals surface area contributed by atoms with Crippen LogP contribution in [0.4, 0.5) is 0 Å². The maximum Gasteiger partial charge on any atom is 0.253 e. The number of nitrogens with one attached hydrogen (secondary N) is 1. The fraction of sp³-hybridized carbons (Fsp3) is 0.556. The van der Waals surface area contributed by atoms with E-state index >= 15 is 0 Å². The van der Waals surface area contributed by atoms with Crippen LogP contribution in [-0.2, 0) is 9.53 Å². The fourth-order valence-corrected chi connectivity index (χ4v) is 3.25. The number of amides is 2. The van der Waals surface area contributed by atoms with Crippen LogP contribution in [0.15, 0.2) is 24.3 Å². The molecule has 0 spiro atoms. The third-order valence-electron chi connectivity index (χ3n) is 4.58. The number of morpholine rings is 1. The summed E-state index contributed by atoms with van der Waals surface area (Å²) in [5.74, 6) is 0.131. The van der Waals surface area contributed by atoms with Crippen LogP contribution in [0.1, 0.15) is 22.3 Å². The second-order valence-corrected chi connectivity index (χ2v) is 6.42. The zero-order chi connectivity index (χ0) is 16.9. The number of hydrogen-bond donors (Lipinski definition) is 1. The molecular formula is C18H25N3O3. The van der Waals surface area contributed by atoms with Crippen LogP contribution in [0.5, 0.6) is 0 Å². The molecule has 1 aromatic carbocycles. The molecule has 130 valence electrons. The lowest BCUT2D eigenvalue weighted by Gasteiger charge is -2.29. The van der Waals surface area contributed by atoms with Gasteiger partial charge in [-0.2, -0.15) is 0 Å². The standard InChI is InChI=1S/C18H25N3O3/c1-14-4-2-5-15(12-14)17(22)20-7-3-8-21(10-9-20)18(23)16-13-24-11-6-19-16/h2,4-5,12,16,19H,3,6-11,13H2,1H3. The number of benzene rings is 1. The summed E-state index contributed by atoms with van der Waals surface area (Å²) >= 11 is 0. The van der Waals surface area contributed by atoms with Crippen LogP contribution >= 0.6 is 0 Å². The van der Waals surface area contributed by atoms with E-state index in [-0.39, 0.29) is 17.9 Å². The monoisotopic (exact) mass is 331 g/mol. The zero-order valence-electron chi connectivity index (χ0n) is 14.2. The summed E-state index contributed by atoms with van der Waals surface area (Å²) in [5, 5.41) is 3.21. The Labute approximate surface area is 142 Å². The van der Waals surface area contributed by atoms with E-state index in [4.69, 9.17) is 4.74 Å². The van der Waals surface area contributed by atoms with Gasteiger partial charge in [0.15, 0.2) is 0 Å². The molecule has 2 fully saturated rings. The van der Waals surface area contributed by atoms with E-state index < -0.39 is 0 Å². The molecule has 0 radical (unpaired) electrons. The Bertz CT molecular complexity index is 599. The van der Waals surface area contributed by atoms with Gasteiger partial charge in [-0.1, -0.05) is 17.7 Å². The fourth-order valence-electron chi connectivity index (χ4n) is 3.25. The SMILES string of the molecule is Cc1cccc(C(=O)N2CCCN(C(=O)C3COCCN3)CC2)c1. The Morgan fingerprint density at radius 3 is 2.71 bits per heavy atom. The molecule has 2 aliphatic heterocycles. The Morgan fingerprint density at radius 1 is 1.17 bits per heavy atom. The van der Waals surface area contributed by atoms with Crippen molar-refractivity contribution in [3.05, 3.63) is 35.4 Å². The minimum Gasteiger partial charge on any atom is -0.378 e. The highest BCUT2D eigenvalue weighted by Crippen LogP contribution is 2.12. The molecule has 3 rings (SSSR count). The summed E-state index contributed by atoms with van der Waals surface area (Å²) in [4.78, 5) is 29.0. The smallest absolute Gasteiger partial charge is 0.253 e. The molecule has 0 bridgehead atoms. The minimum atomic E-state index is -0.252. The first-order valence-corrected chi connectivity index (χ1v) is 8.61. The van der Waals surface area contributed by atoms with E-state index in [1.54, 1.807) is 0 Å². The highest BCUT2D eigenvalue weighted by Gasteiger charge is 2.28. The van der Waals surface area contributed by atoms with Gasteiger partial charge in [-0.3, -0.25) is 9.59 Å². The molecule has 2 aliphatic rings. The Morgan fingerprint density at radius 2 is 1.96 bits per heavy atom. The van der Waals surface area contributed by atoms with Crippen LogP contribution in [0, 0.1) is 6.92 Å². The average Bonchev–Trinajstić information content (AvgIpc) is 2.87. The molecule has 2 heterocycles. The number of aryl methyl sites for hydroxylation is 1. The minimum absolute atomic E-state index is 0.0483. The van der Waals surface area contributed by atoms with E-state index in [9.17, 15) is 9.59 Å². The molecule has 6 heteroatoms. The van der Waals surface area contributed by atoms with Crippen molar-refractivity contribution in [1.82, 2.24) is 15.1 Å². The summed E-state index contributed by atoms with van der Waals surface area (Å²) < 4.78 is 5.38. The second-order valence-electron chi connectivity index (χ2n) is 6.42. The van der Waals surface area contributed by atoms with Crippen molar-refractivity contribution in [2.75, 3.05) is 45.9 Å². The van der Waals surface area contributed by atoms with E-state index in [2.05, 4.69) is 5.32 Å². The van der Waals surface area contributed by atoms with E-state index in [1.807, 2.05) is 41.0 Å². The van der Waals surface area contributed by atoms with Crippen molar-refractivity contribution in [1.29, 1.82) is 0 Å². The van der Waals surface area contributed by atoms with Crippen molar-refractivity contribution < 1.29 is 14.3 Å². The summed E-state index contributed by atoms with van der Waals surface area (Å²) in [6.45, 7) is 6.31. The van der Waals surface area contributed by atoms with Crippen molar-refractivity contribution in [2.24, 2.45) is 0 Å². The van der Waals surface area contributed by atoms with Gasteiger partial charge in [-0.15, -0.1) is 0 Å². The van der Waals surface area contributed by atoms with Gasteiger partial charge < -0.3 is 19.9 Å². The van der Waals surface area contributed by atoms with Crippen molar-refractivity contribution in [3.63, 3.8) is 0 Å². The van der Waals surface area contributed by atoms with Crippen molar-refractivity contribution in [3.8, 4) is 0 Å². The van der Waals surface area contributed by atoms with Gasteiger partial charge >= 0.3 is 0 Å². The lowest BCUT2D eigenvalue weighted by Crippen LogP contribution is -2.53. The second kappa shape index (κ2) is 7.77. The van der Waals surface area contributed by atoms with Gasteiger partial charge in [0.25, 0.3) is 5.91 Å². The molecule has 0 aromatic heterocycles. The van der Waals surface area contributed by atoms with Crippen LogP contribution in [0.3, 0.4) is 0 Å². The molecule has 6 nitrogen and oxygen atoms in total. The van der Waals surface area contributed by atoms with Gasteiger partial charge in [0.1, 0.15) is 6.04 Å². The first-order chi connectivity index (χ1) is 11.6. The number of carbonyl (C=O) groups is 2. The van der Waals surface area contributed by atoms with Crippen LogP contribution in [0.2, 0.25) is 0 Å². The first kappa shape index (κ1) is 16.9. The molecule has 0 saturated carbocycles. The number of nitrogens with zero attached hydrogens (tertiary/aromatic N) is 2. The highest BCUT2D eigenvalue weighted by molar-refractivity contribution is 5.94. The molecule has 1 atom stereocenters. The van der Waals surface area contributed by atoms with Gasteiger partial charge in [0, 0.05) is 38.3 Å². The van der Waals surface area contributed by atoms with Crippen molar-refractivity contribution >= 4 is 11.8 Å². The molecule has 1 N–H and O–H groups in total. The molecule has 24 heavy (non-hydrogen) atoms. The first-order valence-electron chi connectivity index (χ1n) is 8.61. The van der Waals surface area contributed by atoms with E-state index in [1.165, 1.54) is 0 Å². The highest BCUT2D eigenvalue weighted by atomic mass is 16.5. The Hall–Kier alpha value is -1.92. The Kier molecular flexibility index (Phi) is 5.48. The number of ether oxygens (including phenoxy) is 1. The number of rotatable bonds is 2. The van der Waals surface area contributed by atoms with Crippen LogP contribution < -0.4 is 5.32 Å². The predicted octanol–water partition coefficient (Wildman–Crippen LogP) is 0.658. The van der Waals surface area contributed by atoms with Crippen LogP contribution in [0.25, 0.3) is 0 Å². The maximum absolute atomic E-state index is 12.7. The molecule has 2 amide bonds. The van der Waals surface area contributed by atoms with Crippen LogP contribution in [-0.4, -0.2) is 73.6 Å². The zero-order valence-corrected chi connectivity index (χ0v) is 14.2. The van der Waals surface area contributed by atoms with E-state index in [0.717, 1.165) is 17.5 Å². The summed E-state index contributed by atoms with van der Waals surface area (Å²) in [5.41, 5.74) is 1.80. The van der Waals surface area contributed by atoms with E-state index in [0.29, 0.717) is 45.9 Å². The van der Waals surface area contributed by atoms with Gasteiger partial charge in [0.05, 0.1) is 13.2 Å². The largest absolute Gasteiger partial charge is 0.378 e. The predicted molar refractivity (Wildman–Crippen MR) is 90.9 cm³/mol. The molecule has 0 aliphatic carbocycles.